The average Bonchev–Trinajstić information content (AvgIpc) is 3.04. The summed E-state index contributed by atoms with van der Waals surface area (Å²) < 4.78 is 39.4. The number of aliphatic carboxylic acids is 1. The van der Waals surface area contributed by atoms with Gasteiger partial charge in [-0.2, -0.15) is 13.2 Å². The van der Waals surface area contributed by atoms with E-state index in [9.17, 15) is 27.9 Å². The number of halogens is 3. The highest BCUT2D eigenvalue weighted by Crippen LogP contribution is 2.30. The molecule has 2 aromatic rings. The molecule has 0 saturated heterocycles. The van der Waals surface area contributed by atoms with Crippen LogP contribution in [-0.2, 0) is 11.0 Å². The Morgan fingerprint density at radius 1 is 1.31 bits per heavy atom. The third kappa shape index (κ3) is 4.19. The summed E-state index contributed by atoms with van der Waals surface area (Å²) in [5, 5.41) is 18.9. The fraction of sp³-hybridized carbons (Fsp3) is 0.375. The Labute approximate surface area is 146 Å². The average molecular weight is 370 g/mol. The lowest BCUT2D eigenvalue weighted by molar-refractivity contribution is -0.144. The number of carbonyl (C=O) groups excluding carboxylic acids is 1. The number of aromatic nitrogens is 3. The molecule has 0 spiro atoms. The number of nitrogens with one attached hydrogen (secondary N) is 1. The summed E-state index contributed by atoms with van der Waals surface area (Å²) in [5.41, 5.74) is -2.48. The topological polar surface area (TPSA) is 97.1 Å². The first-order chi connectivity index (χ1) is 12.1. The molecule has 2 rings (SSSR count). The van der Waals surface area contributed by atoms with Crippen molar-refractivity contribution in [1.82, 2.24) is 20.3 Å². The number of carbonyl (C=O) groups is 2. The number of alkyl halides is 3. The molecule has 0 aliphatic heterocycles. The second-order valence-electron chi connectivity index (χ2n) is 5.94. The Hall–Kier alpha value is -2.91. The van der Waals surface area contributed by atoms with Crippen LogP contribution in [0.3, 0.4) is 0 Å². The molecular formula is C16H17F3N4O3. The second kappa shape index (κ2) is 7.14. The fourth-order valence-electron chi connectivity index (χ4n) is 2.36. The molecule has 0 aliphatic rings. The number of nitrogens with zero attached hydrogens (tertiary/aromatic N) is 3. The Morgan fingerprint density at radius 2 is 2.00 bits per heavy atom. The number of hydrogen-bond donors (Lipinski definition) is 2. The van der Waals surface area contributed by atoms with Gasteiger partial charge in [-0.25, -0.2) is 9.48 Å². The zero-order valence-corrected chi connectivity index (χ0v) is 14.0. The molecule has 0 bridgehead atoms. The van der Waals surface area contributed by atoms with E-state index in [1.165, 1.54) is 19.1 Å². The fourth-order valence-corrected chi connectivity index (χ4v) is 2.36. The van der Waals surface area contributed by atoms with Crippen molar-refractivity contribution >= 4 is 11.9 Å². The van der Waals surface area contributed by atoms with Crippen LogP contribution in [0.1, 0.15) is 42.7 Å². The standard InChI is InChI=1S/C16H17F3N4O3/c1-3-7-15(2,14(25)26)20-13(24)12-9-23(22-21-12)11-6-4-5-10(8-11)16(17,18)19/h4-6,8-9H,3,7H2,1-2H3,(H,20,24)(H,25,26). The number of hydrogen-bond acceptors (Lipinski definition) is 4. The van der Waals surface area contributed by atoms with E-state index in [-0.39, 0.29) is 17.8 Å². The minimum absolute atomic E-state index is 0.0703. The molecule has 1 unspecified atom stereocenters. The Bertz CT molecular complexity index is 819. The van der Waals surface area contributed by atoms with Gasteiger partial charge in [-0.05, 0) is 31.5 Å². The monoisotopic (exact) mass is 370 g/mol. The predicted molar refractivity (Wildman–Crippen MR) is 84.8 cm³/mol. The summed E-state index contributed by atoms with van der Waals surface area (Å²) in [6, 6.07) is 4.37. The van der Waals surface area contributed by atoms with Crippen LogP contribution in [0.5, 0.6) is 0 Å². The molecule has 0 aliphatic carbocycles. The van der Waals surface area contributed by atoms with E-state index in [0.29, 0.717) is 6.42 Å². The van der Waals surface area contributed by atoms with Crippen LogP contribution in [0.25, 0.3) is 5.69 Å². The Balaban J connectivity index is 2.24. The summed E-state index contributed by atoms with van der Waals surface area (Å²) in [7, 11) is 0. The molecule has 0 fully saturated rings. The van der Waals surface area contributed by atoms with Crippen molar-refractivity contribution in [2.75, 3.05) is 0 Å². The lowest BCUT2D eigenvalue weighted by Gasteiger charge is -2.25. The normalized spacial score (nSPS) is 13.9. The zero-order chi connectivity index (χ0) is 19.5. The van der Waals surface area contributed by atoms with E-state index in [1.54, 1.807) is 6.92 Å². The van der Waals surface area contributed by atoms with E-state index in [4.69, 9.17) is 0 Å². The van der Waals surface area contributed by atoms with Gasteiger partial charge in [0.25, 0.3) is 5.91 Å². The van der Waals surface area contributed by atoms with Gasteiger partial charge in [-0.1, -0.05) is 24.6 Å². The summed E-state index contributed by atoms with van der Waals surface area (Å²) in [4.78, 5) is 23.6. The highest BCUT2D eigenvalue weighted by atomic mass is 19.4. The molecule has 1 aromatic heterocycles. The largest absolute Gasteiger partial charge is 0.480 e. The van der Waals surface area contributed by atoms with Crippen LogP contribution in [0.2, 0.25) is 0 Å². The van der Waals surface area contributed by atoms with E-state index in [1.807, 2.05) is 0 Å². The SMILES string of the molecule is CCCC(C)(NC(=O)c1cn(-c2cccc(C(F)(F)F)c2)nn1)C(=O)O. The van der Waals surface area contributed by atoms with Gasteiger partial charge in [-0.3, -0.25) is 4.79 Å². The van der Waals surface area contributed by atoms with Gasteiger partial charge >= 0.3 is 12.1 Å². The van der Waals surface area contributed by atoms with Crippen molar-refractivity contribution in [3.8, 4) is 5.69 Å². The van der Waals surface area contributed by atoms with E-state index in [2.05, 4.69) is 15.6 Å². The van der Waals surface area contributed by atoms with Crippen LogP contribution in [0, 0.1) is 0 Å². The molecule has 1 aromatic carbocycles. The first-order valence-electron chi connectivity index (χ1n) is 7.72. The van der Waals surface area contributed by atoms with Crippen molar-refractivity contribution in [2.45, 2.75) is 38.4 Å². The minimum atomic E-state index is -4.51. The van der Waals surface area contributed by atoms with E-state index >= 15 is 0 Å². The predicted octanol–water partition coefficient (Wildman–Crippen LogP) is 2.66. The van der Waals surface area contributed by atoms with Gasteiger partial charge in [-0.15, -0.1) is 5.10 Å². The molecule has 7 nitrogen and oxygen atoms in total. The van der Waals surface area contributed by atoms with Gasteiger partial charge in [0, 0.05) is 0 Å². The molecule has 0 saturated carbocycles. The van der Waals surface area contributed by atoms with Crippen molar-refractivity contribution < 1.29 is 27.9 Å². The molecule has 1 heterocycles. The van der Waals surface area contributed by atoms with Crippen molar-refractivity contribution in [3.05, 3.63) is 41.7 Å². The van der Waals surface area contributed by atoms with Crippen LogP contribution < -0.4 is 5.32 Å². The van der Waals surface area contributed by atoms with E-state index in [0.717, 1.165) is 23.0 Å². The maximum absolute atomic E-state index is 12.8. The number of carboxylic acids is 1. The summed E-state index contributed by atoms with van der Waals surface area (Å²) in [6.07, 6.45) is -2.64. The van der Waals surface area contributed by atoms with Crippen LogP contribution >= 0.6 is 0 Å². The van der Waals surface area contributed by atoms with Gasteiger partial charge in [0.05, 0.1) is 17.4 Å². The number of benzene rings is 1. The molecule has 0 radical (unpaired) electrons. The third-order valence-electron chi connectivity index (χ3n) is 3.78. The van der Waals surface area contributed by atoms with Gasteiger partial charge < -0.3 is 10.4 Å². The number of carboxylic acid groups (broad SMARTS) is 1. The maximum Gasteiger partial charge on any atom is 0.416 e. The zero-order valence-electron chi connectivity index (χ0n) is 14.0. The van der Waals surface area contributed by atoms with Crippen molar-refractivity contribution in [3.63, 3.8) is 0 Å². The molecule has 1 amide bonds. The molecular weight excluding hydrogens is 353 g/mol. The molecule has 2 N–H and O–H groups in total. The minimum Gasteiger partial charge on any atom is -0.480 e. The summed E-state index contributed by atoms with van der Waals surface area (Å²) >= 11 is 0. The molecule has 1 atom stereocenters. The van der Waals surface area contributed by atoms with Crippen molar-refractivity contribution in [1.29, 1.82) is 0 Å². The smallest absolute Gasteiger partial charge is 0.416 e. The first kappa shape index (κ1) is 19.4. The number of amides is 1. The molecule has 10 heteroatoms. The first-order valence-corrected chi connectivity index (χ1v) is 7.72. The summed E-state index contributed by atoms with van der Waals surface area (Å²) in [6.45, 7) is 3.14. The Morgan fingerprint density at radius 3 is 2.58 bits per heavy atom. The number of rotatable bonds is 6. The molecule has 26 heavy (non-hydrogen) atoms. The quantitative estimate of drug-likeness (QED) is 0.815. The van der Waals surface area contributed by atoms with Crippen molar-refractivity contribution in [2.24, 2.45) is 0 Å². The van der Waals surface area contributed by atoms with E-state index < -0.39 is 29.2 Å². The molecule has 140 valence electrons. The van der Waals surface area contributed by atoms with Crippen LogP contribution in [0.15, 0.2) is 30.5 Å². The maximum atomic E-state index is 12.8. The second-order valence-corrected chi connectivity index (χ2v) is 5.94. The highest BCUT2D eigenvalue weighted by Gasteiger charge is 2.35. The lowest BCUT2D eigenvalue weighted by atomic mass is 9.96. The third-order valence-corrected chi connectivity index (χ3v) is 3.78. The lowest BCUT2D eigenvalue weighted by Crippen LogP contribution is -2.52. The Kier molecular flexibility index (Phi) is 5.33. The van der Waals surface area contributed by atoms with Gasteiger partial charge in [0.15, 0.2) is 5.69 Å². The van der Waals surface area contributed by atoms with Crippen LogP contribution in [-0.4, -0.2) is 37.5 Å². The van der Waals surface area contributed by atoms with Gasteiger partial charge in [0.1, 0.15) is 5.54 Å². The van der Waals surface area contributed by atoms with Crippen LogP contribution in [0.4, 0.5) is 13.2 Å². The van der Waals surface area contributed by atoms with Gasteiger partial charge in [0.2, 0.25) is 0 Å². The highest BCUT2D eigenvalue weighted by molar-refractivity contribution is 5.96. The summed E-state index contributed by atoms with van der Waals surface area (Å²) in [5.74, 6) is -1.97.